The molecular weight excluding hydrogens is 429 g/mol. The van der Waals surface area contributed by atoms with Gasteiger partial charge in [-0.2, -0.15) is 0 Å². The van der Waals surface area contributed by atoms with Crippen molar-refractivity contribution in [3.8, 4) is 11.5 Å². The first-order valence-corrected chi connectivity index (χ1v) is 9.98. The van der Waals surface area contributed by atoms with Crippen LogP contribution >= 0.6 is 19.2 Å². The van der Waals surface area contributed by atoms with Gasteiger partial charge in [0.25, 0.3) is 11.4 Å². The normalized spacial score (nSPS) is 12.3. The molecule has 0 aliphatic rings. The van der Waals surface area contributed by atoms with Crippen LogP contribution in [-0.4, -0.2) is 29.8 Å². The van der Waals surface area contributed by atoms with Crippen molar-refractivity contribution in [2.75, 3.05) is 19.5 Å². The van der Waals surface area contributed by atoms with Gasteiger partial charge in [-0.25, -0.2) is 0 Å². The number of ether oxygens (including phenoxy) is 1. The molecule has 0 heterocycles. The van der Waals surface area contributed by atoms with Crippen molar-refractivity contribution in [2.45, 2.75) is 12.7 Å². The third-order valence-corrected chi connectivity index (χ3v) is 6.26. The number of nitro groups is 2. The summed E-state index contributed by atoms with van der Waals surface area (Å²) in [7, 11) is -1.15. The number of hydrogen-bond donors (Lipinski definition) is 1. The van der Waals surface area contributed by atoms with Crippen LogP contribution in [0.3, 0.4) is 0 Å². The third-order valence-electron chi connectivity index (χ3n) is 3.87. The van der Waals surface area contributed by atoms with Gasteiger partial charge in [-0.15, -0.1) is 0 Å². The minimum Gasteiger partial charge on any atom is -0.456 e. The molecule has 0 saturated carbocycles. The van der Waals surface area contributed by atoms with Gasteiger partial charge in [0.1, 0.15) is 23.0 Å². The molecule has 156 valence electrons. The molecule has 13 heteroatoms. The minimum absolute atomic E-state index is 0.00681. The first kappa shape index (κ1) is 22.6. The molecule has 0 aromatic heterocycles. The Hall–Kier alpha value is -2.72. The van der Waals surface area contributed by atoms with Crippen molar-refractivity contribution in [1.29, 1.82) is 0 Å². The maximum Gasteiger partial charge on any atom is 0.351 e. The Kier molecular flexibility index (Phi) is 7.15. The predicted octanol–water partition coefficient (Wildman–Crippen LogP) is 5.19. The summed E-state index contributed by atoms with van der Waals surface area (Å²) >= 11 is 6.00. The highest BCUT2D eigenvalue weighted by molar-refractivity contribution is 7.54. The highest BCUT2D eigenvalue weighted by Gasteiger charge is 2.32. The molecule has 1 unspecified atom stereocenters. The quantitative estimate of drug-likeness (QED) is 0.313. The van der Waals surface area contributed by atoms with Crippen molar-refractivity contribution in [1.82, 2.24) is 0 Å². The number of benzene rings is 2. The highest BCUT2D eigenvalue weighted by atomic mass is 35.5. The van der Waals surface area contributed by atoms with Crippen LogP contribution in [0.4, 0.5) is 17.1 Å². The van der Waals surface area contributed by atoms with Gasteiger partial charge in [0.15, 0.2) is 0 Å². The Labute approximate surface area is 170 Å². The van der Waals surface area contributed by atoms with Gasteiger partial charge in [-0.3, -0.25) is 24.8 Å². The van der Waals surface area contributed by atoms with E-state index in [0.29, 0.717) is 0 Å². The molecule has 2 aromatic carbocycles. The van der Waals surface area contributed by atoms with E-state index in [1.54, 1.807) is 0 Å². The van der Waals surface area contributed by atoms with E-state index in [1.807, 2.05) is 0 Å². The number of non-ortho nitro benzene ring substituents is 1. The van der Waals surface area contributed by atoms with E-state index in [9.17, 15) is 24.8 Å². The molecule has 0 fully saturated rings. The van der Waals surface area contributed by atoms with Crippen LogP contribution in [0.2, 0.25) is 5.02 Å². The average Bonchev–Trinajstić information content (AvgIpc) is 2.68. The van der Waals surface area contributed by atoms with E-state index in [2.05, 4.69) is 5.32 Å². The maximum atomic E-state index is 12.5. The van der Waals surface area contributed by atoms with Gasteiger partial charge in [0, 0.05) is 38.5 Å². The number of halogens is 1. The summed E-state index contributed by atoms with van der Waals surface area (Å²) in [6, 6.07) is 7.47. The lowest BCUT2D eigenvalue weighted by Crippen LogP contribution is -2.18. The van der Waals surface area contributed by atoms with Crippen LogP contribution in [0.5, 0.6) is 11.5 Å². The second kappa shape index (κ2) is 9.19. The highest BCUT2D eigenvalue weighted by Crippen LogP contribution is 2.52. The van der Waals surface area contributed by atoms with Crippen LogP contribution < -0.4 is 10.1 Å². The Morgan fingerprint density at radius 1 is 1.07 bits per heavy atom. The van der Waals surface area contributed by atoms with Crippen LogP contribution in [-0.2, 0) is 13.6 Å². The number of nitro benzene ring substituents is 2. The summed E-state index contributed by atoms with van der Waals surface area (Å²) in [5.74, 6) is -0.635. The van der Waals surface area contributed by atoms with E-state index in [4.69, 9.17) is 25.4 Å². The topological polar surface area (TPSA) is 143 Å². The second-order valence-corrected chi connectivity index (χ2v) is 8.63. The number of rotatable bonds is 9. The first-order valence-electron chi connectivity index (χ1n) is 7.99. The SMILES string of the molecule is COP(=O)(OC)C(C)Nc1cc(Oc2ccc([N+](=O)[O-])cc2Cl)ccc1[N+](=O)[O-]. The molecule has 0 spiro atoms. The van der Waals surface area contributed by atoms with Crippen molar-refractivity contribution in [2.24, 2.45) is 0 Å². The number of anilines is 1. The van der Waals surface area contributed by atoms with E-state index in [1.165, 1.54) is 51.5 Å². The lowest BCUT2D eigenvalue weighted by atomic mass is 10.2. The van der Waals surface area contributed by atoms with Gasteiger partial charge in [0.05, 0.1) is 14.9 Å². The minimum atomic E-state index is -3.55. The van der Waals surface area contributed by atoms with E-state index >= 15 is 0 Å². The summed E-state index contributed by atoms with van der Waals surface area (Å²) in [5, 5.41) is 24.8. The summed E-state index contributed by atoms with van der Waals surface area (Å²) in [5.41, 5.74) is -0.498. The number of hydrogen-bond acceptors (Lipinski definition) is 9. The molecule has 29 heavy (non-hydrogen) atoms. The Morgan fingerprint density at radius 2 is 1.72 bits per heavy atom. The molecular formula is C16H17ClN3O8P. The predicted molar refractivity (Wildman–Crippen MR) is 106 cm³/mol. The molecule has 0 aliphatic heterocycles. The zero-order valence-corrected chi connectivity index (χ0v) is 17.2. The molecule has 0 amide bonds. The smallest absolute Gasteiger partial charge is 0.351 e. The molecule has 2 rings (SSSR count). The largest absolute Gasteiger partial charge is 0.456 e. The third kappa shape index (κ3) is 5.21. The Morgan fingerprint density at radius 3 is 2.24 bits per heavy atom. The van der Waals surface area contributed by atoms with Gasteiger partial charge in [-0.1, -0.05) is 11.6 Å². The second-order valence-electron chi connectivity index (χ2n) is 5.64. The fraction of sp³-hybridized carbons (Fsp3) is 0.250. The fourth-order valence-corrected chi connectivity index (χ4v) is 3.65. The zero-order valence-electron chi connectivity index (χ0n) is 15.5. The molecule has 0 bridgehead atoms. The Balaban J connectivity index is 2.36. The van der Waals surface area contributed by atoms with Crippen LogP contribution in [0.15, 0.2) is 36.4 Å². The van der Waals surface area contributed by atoms with Crippen LogP contribution in [0, 0.1) is 20.2 Å². The lowest BCUT2D eigenvalue weighted by molar-refractivity contribution is -0.384. The fourth-order valence-electron chi connectivity index (χ4n) is 2.36. The molecule has 1 N–H and O–H groups in total. The molecule has 0 radical (unpaired) electrons. The Bertz CT molecular complexity index is 979. The first-order chi connectivity index (χ1) is 13.6. The number of nitrogens with one attached hydrogen (secondary N) is 1. The zero-order chi connectivity index (χ0) is 21.8. The van der Waals surface area contributed by atoms with Crippen LogP contribution in [0.25, 0.3) is 0 Å². The van der Waals surface area contributed by atoms with Crippen molar-refractivity contribution in [3.63, 3.8) is 0 Å². The summed E-state index contributed by atoms with van der Waals surface area (Å²) in [4.78, 5) is 20.9. The summed E-state index contributed by atoms with van der Waals surface area (Å²) in [6.07, 6.45) is 0. The van der Waals surface area contributed by atoms with E-state index in [-0.39, 0.29) is 33.6 Å². The van der Waals surface area contributed by atoms with E-state index in [0.717, 1.165) is 6.07 Å². The van der Waals surface area contributed by atoms with Gasteiger partial charge >= 0.3 is 7.60 Å². The van der Waals surface area contributed by atoms with Gasteiger partial charge in [0.2, 0.25) is 0 Å². The standard InChI is InChI=1S/C16H17ClN3O8P/c1-10(29(25,26-2)27-3)18-14-9-12(5-6-15(14)20(23)24)28-16-7-4-11(19(21)22)8-13(16)17/h4-10,18H,1-3H3. The molecule has 0 saturated heterocycles. The molecule has 2 aromatic rings. The van der Waals surface area contributed by atoms with Gasteiger partial charge < -0.3 is 19.1 Å². The molecule has 0 aliphatic carbocycles. The van der Waals surface area contributed by atoms with Crippen molar-refractivity contribution >= 4 is 36.3 Å². The summed E-state index contributed by atoms with van der Waals surface area (Å²) in [6.45, 7) is 1.48. The number of nitrogens with zero attached hydrogens (tertiary/aromatic N) is 2. The monoisotopic (exact) mass is 445 g/mol. The molecule has 11 nitrogen and oxygen atoms in total. The summed E-state index contributed by atoms with van der Waals surface area (Å²) < 4.78 is 27.8. The maximum absolute atomic E-state index is 12.5. The van der Waals surface area contributed by atoms with Gasteiger partial charge in [-0.05, 0) is 19.1 Å². The van der Waals surface area contributed by atoms with Crippen LogP contribution in [0.1, 0.15) is 6.92 Å². The molecule has 1 atom stereocenters. The van der Waals surface area contributed by atoms with E-state index < -0.39 is 23.2 Å². The van der Waals surface area contributed by atoms with Crippen molar-refractivity contribution < 1.29 is 28.2 Å². The van der Waals surface area contributed by atoms with Crippen molar-refractivity contribution in [3.05, 3.63) is 61.6 Å². The lowest BCUT2D eigenvalue weighted by Gasteiger charge is -2.22. The average molecular weight is 446 g/mol.